The van der Waals surface area contributed by atoms with Crippen LogP contribution in [0, 0.1) is 0 Å². The normalized spacial score (nSPS) is 10.1. The third-order valence-electron chi connectivity index (χ3n) is 2.92. The summed E-state index contributed by atoms with van der Waals surface area (Å²) in [5, 5.41) is 6.17. The van der Waals surface area contributed by atoms with E-state index in [1.165, 1.54) is 20.3 Å². The van der Waals surface area contributed by atoms with E-state index in [4.69, 9.17) is 25.8 Å². The number of methoxy groups -OCH3 is 2. The molecule has 2 aromatic rings. The van der Waals surface area contributed by atoms with E-state index >= 15 is 0 Å². The zero-order valence-corrected chi connectivity index (χ0v) is 14.4. The quantitative estimate of drug-likeness (QED) is 0.739. The molecule has 2 rings (SSSR count). The van der Waals surface area contributed by atoms with Gasteiger partial charge in [-0.3, -0.25) is 9.59 Å². The molecule has 1 amide bonds. The van der Waals surface area contributed by atoms with Crippen molar-refractivity contribution in [3.05, 3.63) is 33.8 Å². The van der Waals surface area contributed by atoms with Crippen molar-refractivity contribution >= 4 is 35.0 Å². The molecule has 10 heteroatoms. The van der Waals surface area contributed by atoms with Crippen molar-refractivity contribution in [1.29, 1.82) is 0 Å². The van der Waals surface area contributed by atoms with E-state index in [2.05, 4.69) is 14.9 Å². The molecule has 24 heavy (non-hydrogen) atoms. The first-order valence-electron chi connectivity index (χ1n) is 6.67. The fourth-order valence-electron chi connectivity index (χ4n) is 1.71. The lowest BCUT2D eigenvalue weighted by molar-refractivity contribution is -0.143. The lowest BCUT2D eigenvalue weighted by atomic mass is 10.2. The molecular formula is C14H14ClN3O5S. The van der Waals surface area contributed by atoms with Gasteiger partial charge in [-0.15, -0.1) is 5.10 Å². The molecule has 1 aromatic carbocycles. The number of esters is 1. The molecule has 1 aromatic heterocycles. The third kappa shape index (κ3) is 4.56. The Balaban J connectivity index is 1.86. The Morgan fingerprint density at radius 3 is 2.62 bits per heavy atom. The molecule has 0 aliphatic carbocycles. The Morgan fingerprint density at radius 1 is 1.25 bits per heavy atom. The topological polar surface area (TPSA) is 99.6 Å². The smallest absolute Gasteiger partial charge is 0.325 e. The van der Waals surface area contributed by atoms with Gasteiger partial charge >= 0.3 is 5.97 Å². The lowest BCUT2D eigenvalue weighted by Gasteiger charge is -2.10. The number of nitrogens with one attached hydrogen (secondary N) is 1. The largest absolute Gasteiger partial charge is 0.493 e. The predicted molar refractivity (Wildman–Crippen MR) is 86.6 cm³/mol. The molecule has 0 fully saturated rings. The summed E-state index contributed by atoms with van der Waals surface area (Å²) < 4.78 is 19.2. The molecule has 0 unspecified atom stereocenters. The monoisotopic (exact) mass is 371 g/mol. The van der Waals surface area contributed by atoms with Crippen LogP contribution in [0.2, 0.25) is 4.34 Å². The van der Waals surface area contributed by atoms with Crippen molar-refractivity contribution in [3.63, 3.8) is 0 Å². The zero-order valence-electron chi connectivity index (χ0n) is 12.9. The van der Waals surface area contributed by atoms with E-state index in [9.17, 15) is 9.59 Å². The molecule has 128 valence electrons. The van der Waals surface area contributed by atoms with Gasteiger partial charge < -0.3 is 19.5 Å². The highest BCUT2D eigenvalue weighted by Crippen LogP contribution is 2.27. The minimum Gasteiger partial charge on any atom is -0.493 e. The Labute approximate surface area is 146 Å². The average molecular weight is 372 g/mol. The summed E-state index contributed by atoms with van der Waals surface area (Å²) in [6, 6.07) is 4.67. The van der Waals surface area contributed by atoms with Gasteiger partial charge in [0.15, 0.2) is 11.5 Å². The lowest BCUT2D eigenvalue weighted by Crippen LogP contribution is -2.30. The molecule has 0 saturated heterocycles. The van der Waals surface area contributed by atoms with Gasteiger partial charge in [0.1, 0.15) is 23.2 Å². The summed E-state index contributed by atoms with van der Waals surface area (Å²) in [5.41, 5.74) is 0.702. The number of hydrogen-bond donors (Lipinski definition) is 1. The molecule has 8 nitrogen and oxygen atoms in total. The Morgan fingerprint density at radius 2 is 2.00 bits per heavy atom. The number of carbonyl (C=O) groups is 2. The molecule has 1 heterocycles. The van der Waals surface area contributed by atoms with E-state index in [1.807, 2.05) is 0 Å². The Hall–Kier alpha value is -2.39. The van der Waals surface area contributed by atoms with Crippen LogP contribution in [0.4, 0.5) is 0 Å². The van der Waals surface area contributed by atoms with Gasteiger partial charge in [0.25, 0.3) is 5.91 Å². The maximum Gasteiger partial charge on any atom is 0.325 e. The molecule has 0 bridgehead atoms. The van der Waals surface area contributed by atoms with Crippen molar-refractivity contribution in [2.75, 3.05) is 20.8 Å². The van der Waals surface area contributed by atoms with Crippen LogP contribution >= 0.6 is 23.1 Å². The van der Waals surface area contributed by atoms with Crippen molar-refractivity contribution in [2.45, 2.75) is 6.61 Å². The first-order valence-corrected chi connectivity index (χ1v) is 7.83. The summed E-state index contributed by atoms with van der Waals surface area (Å²) in [6.45, 7) is -0.386. The van der Waals surface area contributed by atoms with Gasteiger partial charge in [-0.25, -0.2) is 0 Å². The molecular weight excluding hydrogens is 358 g/mol. The SMILES string of the molecule is COc1ccc(C(=O)NCC(=O)OCc2nnsc2Cl)cc1OC. The molecule has 0 aliphatic rings. The fourth-order valence-corrected chi connectivity index (χ4v) is 2.32. The van der Waals surface area contributed by atoms with Crippen LogP contribution in [0.3, 0.4) is 0 Å². The van der Waals surface area contributed by atoms with E-state index < -0.39 is 11.9 Å². The summed E-state index contributed by atoms with van der Waals surface area (Å²) in [4.78, 5) is 23.7. The van der Waals surface area contributed by atoms with Crippen molar-refractivity contribution < 1.29 is 23.8 Å². The minimum absolute atomic E-state index is 0.0968. The number of hydrogen-bond acceptors (Lipinski definition) is 8. The second-order valence-corrected chi connectivity index (χ2v) is 5.76. The van der Waals surface area contributed by atoms with Crippen molar-refractivity contribution in [3.8, 4) is 11.5 Å². The second kappa shape index (κ2) is 8.46. The van der Waals surface area contributed by atoms with E-state index in [-0.39, 0.29) is 13.2 Å². The van der Waals surface area contributed by atoms with E-state index in [0.29, 0.717) is 27.1 Å². The number of ether oxygens (including phenoxy) is 3. The van der Waals surface area contributed by atoms with Crippen LogP contribution in [-0.2, 0) is 16.1 Å². The van der Waals surface area contributed by atoms with Crippen LogP contribution < -0.4 is 14.8 Å². The van der Waals surface area contributed by atoms with E-state index in [0.717, 1.165) is 11.5 Å². The zero-order chi connectivity index (χ0) is 17.5. The van der Waals surface area contributed by atoms with Gasteiger partial charge in [-0.1, -0.05) is 16.1 Å². The molecule has 0 atom stereocenters. The third-order valence-corrected chi connectivity index (χ3v) is 3.90. The second-order valence-electron chi connectivity index (χ2n) is 4.41. The van der Waals surface area contributed by atoms with Gasteiger partial charge in [0.05, 0.1) is 14.2 Å². The van der Waals surface area contributed by atoms with Crippen LogP contribution in [0.1, 0.15) is 16.1 Å². The maximum absolute atomic E-state index is 12.0. The van der Waals surface area contributed by atoms with Crippen LogP contribution in [0.5, 0.6) is 11.5 Å². The summed E-state index contributed by atoms with van der Waals surface area (Å²) >= 11 is 6.79. The molecule has 0 saturated carbocycles. The average Bonchev–Trinajstić information content (AvgIpc) is 3.02. The highest BCUT2D eigenvalue weighted by Gasteiger charge is 2.13. The molecule has 1 N–H and O–H groups in total. The summed E-state index contributed by atoms with van der Waals surface area (Å²) in [7, 11) is 2.97. The van der Waals surface area contributed by atoms with Gasteiger partial charge in [0.2, 0.25) is 0 Å². The van der Waals surface area contributed by atoms with Gasteiger partial charge in [-0.2, -0.15) is 0 Å². The van der Waals surface area contributed by atoms with Crippen LogP contribution in [0.15, 0.2) is 18.2 Å². The first-order chi connectivity index (χ1) is 11.5. The first kappa shape index (κ1) is 18.0. The number of amides is 1. The molecule has 0 aliphatic heterocycles. The van der Waals surface area contributed by atoms with Gasteiger partial charge in [0, 0.05) is 17.1 Å². The summed E-state index contributed by atoms with van der Waals surface area (Å²) in [6.07, 6.45) is 0. The molecule has 0 spiro atoms. The number of rotatable bonds is 7. The number of carbonyl (C=O) groups excluding carboxylic acids is 2. The number of aromatic nitrogens is 2. The highest BCUT2D eigenvalue weighted by atomic mass is 35.5. The number of benzene rings is 1. The minimum atomic E-state index is -0.618. The predicted octanol–water partition coefficient (Wildman–Crippen LogP) is 1.68. The fraction of sp³-hybridized carbons (Fsp3) is 0.286. The van der Waals surface area contributed by atoms with Crippen molar-refractivity contribution in [2.24, 2.45) is 0 Å². The Kier molecular flexibility index (Phi) is 6.33. The van der Waals surface area contributed by atoms with Crippen molar-refractivity contribution in [1.82, 2.24) is 14.9 Å². The Bertz CT molecular complexity index is 737. The number of nitrogens with zero attached hydrogens (tertiary/aromatic N) is 2. The maximum atomic E-state index is 12.0. The molecule has 0 radical (unpaired) electrons. The van der Waals surface area contributed by atoms with E-state index in [1.54, 1.807) is 12.1 Å². The van der Waals surface area contributed by atoms with Gasteiger partial charge in [-0.05, 0) is 18.2 Å². The summed E-state index contributed by atoms with van der Waals surface area (Å²) in [5.74, 6) is -0.144. The standard InChI is InChI=1S/C14H14ClN3O5S/c1-21-10-4-3-8(5-11(10)22-2)14(20)16-6-12(19)23-7-9-13(15)24-18-17-9/h3-5H,6-7H2,1-2H3,(H,16,20). The highest BCUT2D eigenvalue weighted by molar-refractivity contribution is 7.10. The van der Waals surface area contributed by atoms with Crippen LogP contribution in [0.25, 0.3) is 0 Å². The van der Waals surface area contributed by atoms with Crippen LogP contribution in [-0.4, -0.2) is 42.2 Å². The number of halogens is 1.